The molecule has 0 bridgehead atoms. The Labute approximate surface area is 165 Å². The molecule has 0 unspecified atom stereocenters. The van der Waals surface area contributed by atoms with Crippen LogP contribution in [0.25, 0.3) is 16.7 Å². The van der Waals surface area contributed by atoms with Crippen LogP contribution in [-0.4, -0.2) is 28.3 Å². The van der Waals surface area contributed by atoms with Gasteiger partial charge in [-0.15, -0.1) is 11.8 Å². The largest absolute Gasteiger partial charge is 0.508 e. The van der Waals surface area contributed by atoms with Crippen molar-refractivity contribution >= 4 is 23.1 Å². The van der Waals surface area contributed by atoms with Gasteiger partial charge in [0.1, 0.15) is 17.0 Å². The number of thioether (sulfide) groups is 1. The fourth-order valence-corrected chi connectivity index (χ4v) is 3.95. The zero-order chi connectivity index (χ0) is 20.0. The molecule has 3 nitrogen and oxygen atoms in total. The number of carbonyl (C=O) groups is 1. The number of hydrogen-bond acceptors (Lipinski definition) is 4. The van der Waals surface area contributed by atoms with E-state index < -0.39 is 11.2 Å². The second-order valence-corrected chi connectivity index (χ2v) is 8.81. The van der Waals surface area contributed by atoms with E-state index in [-0.39, 0.29) is 11.5 Å². The third kappa shape index (κ3) is 3.56. The summed E-state index contributed by atoms with van der Waals surface area (Å²) in [7, 11) is 0. The molecule has 0 fully saturated rings. The van der Waals surface area contributed by atoms with Crippen molar-refractivity contribution in [1.29, 1.82) is 0 Å². The van der Waals surface area contributed by atoms with Crippen LogP contribution in [0.4, 0.5) is 0 Å². The normalized spacial score (nSPS) is 18.7. The van der Waals surface area contributed by atoms with Crippen molar-refractivity contribution < 1.29 is 14.6 Å². The first-order valence-corrected chi connectivity index (χ1v) is 10.2. The molecular formula is C23H26O3S. The number of rotatable bonds is 3. The molecule has 27 heavy (non-hydrogen) atoms. The van der Waals surface area contributed by atoms with Crippen LogP contribution in [0.2, 0.25) is 0 Å². The van der Waals surface area contributed by atoms with Gasteiger partial charge in [-0.05, 0) is 81.3 Å². The van der Waals surface area contributed by atoms with E-state index in [0.29, 0.717) is 5.57 Å². The number of hydrogen-bond donors (Lipinski definition) is 1. The lowest BCUT2D eigenvalue weighted by Crippen LogP contribution is -2.49. The molecule has 2 aromatic carbocycles. The van der Waals surface area contributed by atoms with Gasteiger partial charge in [-0.25, -0.2) is 0 Å². The molecule has 0 aromatic heterocycles. The van der Waals surface area contributed by atoms with Gasteiger partial charge < -0.3 is 9.84 Å². The molecule has 142 valence electrons. The minimum absolute atomic E-state index is 0.00944. The molecule has 0 spiro atoms. The van der Waals surface area contributed by atoms with Gasteiger partial charge in [0, 0.05) is 4.90 Å². The highest BCUT2D eigenvalue weighted by atomic mass is 32.2. The Bertz CT molecular complexity index is 921. The summed E-state index contributed by atoms with van der Waals surface area (Å²) in [5.74, 6) is -0.206. The van der Waals surface area contributed by atoms with Crippen molar-refractivity contribution in [3.63, 3.8) is 0 Å². The Morgan fingerprint density at radius 1 is 0.926 bits per heavy atom. The Morgan fingerprint density at radius 3 is 2.11 bits per heavy atom. The highest BCUT2D eigenvalue weighted by Gasteiger charge is 2.47. The fourth-order valence-electron chi connectivity index (χ4n) is 3.55. The maximum absolute atomic E-state index is 13.1. The maximum Gasteiger partial charge on any atom is 0.198 e. The average molecular weight is 383 g/mol. The molecule has 0 saturated carbocycles. The standard InChI is InChI=1S/C23H26O3S/c1-14-7-8-16(15-9-11-17(27-6)12-10-15)13-18(14)19-20(24)22(2,3)26-23(4,5)21(19)25/h7-13,24H,1-6H3. The van der Waals surface area contributed by atoms with Crippen LogP contribution >= 0.6 is 11.8 Å². The lowest BCUT2D eigenvalue weighted by atomic mass is 9.81. The summed E-state index contributed by atoms with van der Waals surface area (Å²) in [5, 5.41) is 10.8. The summed E-state index contributed by atoms with van der Waals surface area (Å²) in [6.45, 7) is 9.04. The van der Waals surface area contributed by atoms with Crippen molar-refractivity contribution in [2.24, 2.45) is 0 Å². The van der Waals surface area contributed by atoms with Crippen molar-refractivity contribution in [1.82, 2.24) is 0 Å². The SMILES string of the molecule is CSc1ccc(-c2ccc(C)c(C3=C(O)C(C)(C)OC(C)(C)C3=O)c2)cc1. The molecule has 2 aromatic rings. The van der Waals surface area contributed by atoms with E-state index in [1.165, 1.54) is 4.90 Å². The number of ether oxygens (including phenoxy) is 1. The van der Waals surface area contributed by atoms with Crippen LogP contribution in [0.15, 0.2) is 53.1 Å². The van der Waals surface area contributed by atoms with Crippen molar-refractivity contribution in [2.45, 2.75) is 50.7 Å². The van der Waals surface area contributed by atoms with E-state index in [2.05, 4.69) is 30.5 Å². The van der Waals surface area contributed by atoms with Crippen LogP contribution in [0, 0.1) is 6.92 Å². The smallest absolute Gasteiger partial charge is 0.198 e. The minimum Gasteiger partial charge on any atom is -0.508 e. The lowest BCUT2D eigenvalue weighted by Gasteiger charge is -2.40. The number of ketones is 1. The van der Waals surface area contributed by atoms with Gasteiger partial charge in [-0.3, -0.25) is 4.79 Å². The zero-order valence-electron chi connectivity index (χ0n) is 16.7. The summed E-state index contributed by atoms with van der Waals surface area (Å²) in [4.78, 5) is 14.3. The van der Waals surface area contributed by atoms with Gasteiger partial charge in [0.2, 0.25) is 0 Å². The van der Waals surface area contributed by atoms with Gasteiger partial charge in [-0.2, -0.15) is 0 Å². The summed E-state index contributed by atoms with van der Waals surface area (Å²) in [6, 6.07) is 14.4. The number of aliphatic hydroxyl groups is 1. The Morgan fingerprint density at radius 2 is 1.52 bits per heavy atom. The molecule has 1 aliphatic rings. The van der Waals surface area contributed by atoms with Gasteiger partial charge in [0.25, 0.3) is 0 Å². The molecule has 3 rings (SSSR count). The third-order valence-electron chi connectivity index (χ3n) is 5.02. The molecule has 0 aliphatic carbocycles. The first kappa shape index (κ1) is 19.7. The predicted octanol–water partition coefficient (Wildman–Crippen LogP) is 5.81. The van der Waals surface area contributed by atoms with E-state index in [1.807, 2.05) is 25.1 Å². The number of carbonyl (C=O) groups excluding carboxylic acids is 1. The fraction of sp³-hybridized carbons (Fsp3) is 0.348. The molecule has 0 amide bonds. The van der Waals surface area contributed by atoms with Gasteiger partial charge in [0.05, 0.1) is 5.57 Å². The van der Waals surface area contributed by atoms with Crippen molar-refractivity contribution in [3.8, 4) is 11.1 Å². The molecule has 1 heterocycles. The summed E-state index contributed by atoms with van der Waals surface area (Å²) >= 11 is 1.70. The maximum atomic E-state index is 13.1. The van der Waals surface area contributed by atoms with E-state index in [1.54, 1.807) is 39.5 Å². The highest BCUT2D eigenvalue weighted by molar-refractivity contribution is 7.98. The molecule has 0 saturated heterocycles. The van der Waals surface area contributed by atoms with Gasteiger partial charge in [0.15, 0.2) is 5.78 Å². The highest BCUT2D eigenvalue weighted by Crippen LogP contribution is 2.41. The number of aliphatic hydroxyl groups excluding tert-OH is 1. The summed E-state index contributed by atoms with van der Waals surface area (Å²) < 4.78 is 5.86. The van der Waals surface area contributed by atoms with E-state index in [4.69, 9.17) is 4.74 Å². The lowest BCUT2D eigenvalue weighted by molar-refractivity contribution is -0.158. The zero-order valence-corrected chi connectivity index (χ0v) is 17.5. The first-order valence-electron chi connectivity index (χ1n) is 9.01. The van der Waals surface area contributed by atoms with Crippen LogP contribution in [0.5, 0.6) is 0 Å². The molecule has 1 aliphatic heterocycles. The minimum atomic E-state index is -0.993. The molecule has 0 atom stereocenters. The van der Waals surface area contributed by atoms with Crippen molar-refractivity contribution in [3.05, 3.63) is 59.4 Å². The molecule has 1 N–H and O–H groups in total. The Balaban J connectivity index is 2.17. The summed E-state index contributed by atoms with van der Waals surface area (Å²) in [5.41, 5.74) is 2.24. The first-order chi connectivity index (χ1) is 12.6. The van der Waals surface area contributed by atoms with Crippen LogP contribution in [0.3, 0.4) is 0 Å². The van der Waals surface area contributed by atoms with Gasteiger partial charge in [-0.1, -0.05) is 24.3 Å². The number of aryl methyl sites for hydroxylation is 1. The van der Waals surface area contributed by atoms with E-state index in [0.717, 1.165) is 22.3 Å². The molecule has 0 radical (unpaired) electrons. The quantitative estimate of drug-likeness (QED) is 0.681. The van der Waals surface area contributed by atoms with Crippen LogP contribution < -0.4 is 0 Å². The summed E-state index contributed by atoms with van der Waals surface area (Å²) in [6.07, 6.45) is 2.05. The monoisotopic (exact) mass is 382 g/mol. The Kier molecular flexibility index (Phi) is 5.00. The van der Waals surface area contributed by atoms with Gasteiger partial charge >= 0.3 is 0 Å². The van der Waals surface area contributed by atoms with Crippen molar-refractivity contribution in [2.75, 3.05) is 6.26 Å². The molecular weight excluding hydrogens is 356 g/mol. The Hall–Kier alpha value is -2.04. The third-order valence-corrected chi connectivity index (χ3v) is 5.77. The van der Waals surface area contributed by atoms with Crippen LogP contribution in [-0.2, 0) is 9.53 Å². The average Bonchev–Trinajstić information content (AvgIpc) is 2.61. The number of Topliss-reactive ketones (excluding diaryl/α,β-unsaturated/α-hetero) is 1. The predicted molar refractivity (Wildman–Crippen MR) is 112 cm³/mol. The van der Waals surface area contributed by atoms with E-state index >= 15 is 0 Å². The second-order valence-electron chi connectivity index (χ2n) is 7.93. The second kappa shape index (κ2) is 6.84. The topological polar surface area (TPSA) is 46.5 Å². The molecule has 4 heteroatoms. The number of benzene rings is 2. The van der Waals surface area contributed by atoms with Crippen LogP contribution in [0.1, 0.15) is 38.8 Å². The van der Waals surface area contributed by atoms with E-state index in [9.17, 15) is 9.90 Å².